The fourth-order valence-corrected chi connectivity index (χ4v) is 4.47. The third-order valence-electron chi connectivity index (χ3n) is 6.09. The number of nitrogens with zero attached hydrogens (tertiary/aromatic N) is 1. The quantitative estimate of drug-likeness (QED) is 0.235. The fraction of sp³-hybridized carbons (Fsp3) is 0.360. The first-order chi connectivity index (χ1) is 15.5. The van der Waals surface area contributed by atoms with E-state index in [0.717, 1.165) is 22.2 Å². The normalized spacial score (nSPS) is 13.0. The van der Waals surface area contributed by atoms with Crippen molar-refractivity contribution < 1.29 is 18.3 Å². The van der Waals surface area contributed by atoms with Gasteiger partial charge < -0.3 is 20.2 Å². The Morgan fingerprint density at radius 3 is 2.58 bits per heavy atom. The number of nitrogens with one attached hydrogen (secondary N) is 1. The minimum absolute atomic E-state index is 0.0226. The minimum atomic E-state index is -2.12. The maximum absolute atomic E-state index is 13.7. The minimum Gasteiger partial charge on any atom is -0.489 e. The second-order valence-electron chi connectivity index (χ2n) is 9.58. The predicted molar refractivity (Wildman–Crippen MR) is 135 cm³/mol. The number of ether oxygens (including phenoxy) is 1. The molecule has 0 fully saturated rings. The molecule has 1 amide bonds. The van der Waals surface area contributed by atoms with E-state index in [0.29, 0.717) is 23.5 Å². The number of amides is 1. The lowest BCUT2D eigenvalue weighted by Gasteiger charge is -2.38. The van der Waals surface area contributed by atoms with E-state index in [9.17, 15) is 9.18 Å². The Bertz CT molecular complexity index is 1130. The van der Waals surface area contributed by atoms with E-state index in [-0.39, 0.29) is 11.6 Å². The number of carbonyl (C=O) groups is 1. The molecule has 0 spiro atoms. The molecule has 0 bridgehead atoms. The Kier molecular flexibility index (Phi) is 7.39. The van der Waals surface area contributed by atoms with Crippen LogP contribution in [0.2, 0.25) is 18.1 Å². The Morgan fingerprint density at radius 2 is 1.91 bits per heavy atom. The number of anilines is 2. The summed E-state index contributed by atoms with van der Waals surface area (Å²) in [6.07, 6.45) is -0.00847. The van der Waals surface area contributed by atoms with Gasteiger partial charge in [0.2, 0.25) is 6.41 Å². The molecule has 0 saturated carbocycles. The molecule has 2 aromatic carbocycles. The standard InChI is InChI=1S/C25H32FN3O3Si/c1-25(2,3)33(4,5)32-20(14-26)15-31-24-13-18(6-9-21(24)27)22-10-7-17-12-19(28-16-30)8-11-23(17)29-22/h6-13,16,20H,14-15,27H2,1-5H3,(H,28,30). The molecule has 0 radical (unpaired) electrons. The van der Waals surface area contributed by atoms with E-state index in [4.69, 9.17) is 19.9 Å². The van der Waals surface area contributed by atoms with Gasteiger partial charge in [-0.15, -0.1) is 0 Å². The Labute approximate surface area is 195 Å². The topological polar surface area (TPSA) is 86.5 Å². The first-order valence-electron chi connectivity index (χ1n) is 10.9. The number of nitrogen functional groups attached to an aromatic ring is 1. The van der Waals surface area contributed by atoms with Gasteiger partial charge in [-0.25, -0.2) is 9.37 Å². The molecule has 1 aromatic heterocycles. The van der Waals surface area contributed by atoms with Gasteiger partial charge in [-0.05, 0) is 54.5 Å². The van der Waals surface area contributed by atoms with E-state index in [1.807, 2.05) is 36.4 Å². The van der Waals surface area contributed by atoms with Crippen LogP contribution in [0.1, 0.15) is 20.8 Å². The number of halogens is 1. The van der Waals surface area contributed by atoms with Crippen LogP contribution in [0.25, 0.3) is 22.2 Å². The smallest absolute Gasteiger partial charge is 0.211 e. The summed E-state index contributed by atoms with van der Waals surface area (Å²) in [6.45, 7) is 9.99. The number of benzene rings is 2. The van der Waals surface area contributed by atoms with Crippen molar-refractivity contribution in [1.82, 2.24) is 4.98 Å². The summed E-state index contributed by atoms with van der Waals surface area (Å²) in [5.74, 6) is 0.470. The van der Waals surface area contributed by atoms with Crippen molar-refractivity contribution in [1.29, 1.82) is 0 Å². The Hall–Kier alpha value is -2.97. The maximum atomic E-state index is 13.7. The molecule has 33 heavy (non-hydrogen) atoms. The van der Waals surface area contributed by atoms with Crippen molar-refractivity contribution in [2.24, 2.45) is 0 Å². The highest BCUT2D eigenvalue weighted by Crippen LogP contribution is 2.37. The van der Waals surface area contributed by atoms with Crippen LogP contribution >= 0.6 is 0 Å². The molecule has 6 nitrogen and oxygen atoms in total. The number of hydrogen-bond donors (Lipinski definition) is 2. The van der Waals surface area contributed by atoms with Gasteiger partial charge in [0.25, 0.3) is 0 Å². The van der Waals surface area contributed by atoms with Crippen LogP contribution < -0.4 is 15.8 Å². The highest BCUT2D eigenvalue weighted by Gasteiger charge is 2.39. The number of nitrogens with two attached hydrogens (primary N) is 1. The van der Waals surface area contributed by atoms with Crippen LogP contribution in [0.4, 0.5) is 15.8 Å². The molecule has 0 saturated heterocycles. The molecule has 8 heteroatoms. The summed E-state index contributed by atoms with van der Waals surface area (Å²) in [7, 11) is -2.12. The van der Waals surface area contributed by atoms with Gasteiger partial charge in [0, 0.05) is 16.6 Å². The van der Waals surface area contributed by atoms with Crippen molar-refractivity contribution in [2.45, 2.75) is 45.0 Å². The molecular weight excluding hydrogens is 437 g/mol. The molecule has 3 aromatic rings. The Balaban J connectivity index is 1.79. The largest absolute Gasteiger partial charge is 0.489 e. The molecule has 1 atom stereocenters. The van der Waals surface area contributed by atoms with Gasteiger partial charge in [0.1, 0.15) is 25.1 Å². The third-order valence-corrected chi connectivity index (χ3v) is 10.6. The first-order valence-corrected chi connectivity index (χ1v) is 13.8. The highest BCUT2D eigenvalue weighted by molar-refractivity contribution is 6.74. The highest BCUT2D eigenvalue weighted by atomic mass is 28.4. The van der Waals surface area contributed by atoms with E-state index >= 15 is 0 Å². The molecule has 0 aliphatic carbocycles. The lowest BCUT2D eigenvalue weighted by molar-refractivity contribution is -0.105. The second kappa shape index (κ2) is 9.89. The van der Waals surface area contributed by atoms with E-state index in [2.05, 4.69) is 39.2 Å². The van der Waals surface area contributed by atoms with E-state index < -0.39 is 21.1 Å². The van der Waals surface area contributed by atoms with E-state index in [1.165, 1.54) is 0 Å². The summed E-state index contributed by atoms with van der Waals surface area (Å²) < 4.78 is 25.8. The average molecular weight is 470 g/mol. The van der Waals surface area contributed by atoms with Crippen molar-refractivity contribution in [2.75, 3.05) is 24.3 Å². The molecule has 176 valence electrons. The van der Waals surface area contributed by atoms with Gasteiger partial charge in [0.15, 0.2) is 8.32 Å². The molecule has 0 aliphatic rings. The van der Waals surface area contributed by atoms with E-state index in [1.54, 1.807) is 12.1 Å². The zero-order valence-electron chi connectivity index (χ0n) is 19.8. The maximum Gasteiger partial charge on any atom is 0.211 e. The molecular formula is C25H32FN3O3Si. The van der Waals surface area contributed by atoms with Crippen LogP contribution in [0.15, 0.2) is 48.5 Å². The SMILES string of the molecule is CC(C)(C)[Si](C)(C)OC(CF)COc1cc(-c2ccc3cc(NC=O)ccc3n2)ccc1N. The monoisotopic (exact) mass is 469 g/mol. The number of fused-ring (bicyclic) bond motifs is 1. The molecule has 3 N–H and O–H groups in total. The number of aromatic nitrogens is 1. The number of pyridine rings is 1. The number of rotatable bonds is 9. The van der Waals surface area contributed by atoms with Crippen LogP contribution in [-0.4, -0.2) is 39.1 Å². The number of alkyl halides is 1. The molecule has 1 heterocycles. The van der Waals surface area contributed by atoms with Crippen LogP contribution in [0.5, 0.6) is 5.75 Å². The molecule has 1 unspecified atom stereocenters. The second-order valence-corrected chi connectivity index (χ2v) is 14.3. The average Bonchev–Trinajstić information content (AvgIpc) is 2.76. The first kappa shape index (κ1) is 24.7. The predicted octanol–water partition coefficient (Wildman–Crippen LogP) is 5.79. The zero-order chi connectivity index (χ0) is 24.2. The van der Waals surface area contributed by atoms with Crippen LogP contribution in [0, 0.1) is 0 Å². The number of hydrogen-bond acceptors (Lipinski definition) is 5. The van der Waals surface area contributed by atoms with Gasteiger partial charge in [0.05, 0.1) is 16.9 Å². The Morgan fingerprint density at radius 1 is 1.15 bits per heavy atom. The summed E-state index contributed by atoms with van der Waals surface area (Å²) in [4.78, 5) is 15.4. The summed E-state index contributed by atoms with van der Waals surface area (Å²) in [5.41, 5.74) is 9.67. The van der Waals surface area contributed by atoms with Crippen molar-refractivity contribution in [3.63, 3.8) is 0 Å². The lowest BCUT2D eigenvalue weighted by Crippen LogP contribution is -2.46. The van der Waals surface area contributed by atoms with Gasteiger partial charge in [-0.1, -0.05) is 32.9 Å². The van der Waals surface area contributed by atoms with Gasteiger partial charge >= 0.3 is 0 Å². The fourth-order valence-electron chi connectivity index (χ4n) is 3.15. The summed E-state index contributed by atoms with van der Waals surface area (Å²) >= 11 is 0. The van der Waals surface area contributed by atoms with Crippen LogP contribution in [-0.2, 0) is 9.22 Å². The van der Waals surface area contributed by atoms with Gasteiger partial charge in [-0.3, -0.25) is 4.79 Å². The van der Waals surface area contributed by atoms with Crippen molar-refractivity contribution in [3.05, 3.63) is 48.5 Å². The van der Waals surface area contributed by atoms with Crippen molar-refractivity contribution in [3.8, 4) is 17.0 Å². The summed E-state index contributed by atoms with van der Waals surface area (Å²) in [6, 6.07) is 14.8. The van der Waals surface area contributed by atoms with Gasteiger partial charge in [-0.2, -0.15) is 0 Å². The summed E-state index contributed by atoms with van der Waals surface area (Å²) in [5, 5.41) is 3.52. The van der Waals surface area contributed by atoms with Crippen molar-refractivity contribution >= 4 is 37.0 Å². The lowest BCUT2D eigenvalue weighted by atomic mass is 10.1. The van der Waals surface area contributed by atoms with Crippen LogP contribution in [0.3, 0.4) is 0 Å². The zero-order valence-corrected chi connectivity index (χ0v) is 20.8. The molecule has 3 rings (SSSR count). The number of carbonyl (C=O) groups excluding carboxylic acids is 1. The third kappa shape index (κ3) is 5.88. The molecule has 0 aliphatic heterocycles.